The van der Waals surface area contributed by atoms with Crippen LogP contribution in [-0.2, 0) is 4.79 Å². The van der Waals surface area contributed by atoms with Crippen LogP contribution in [0, 0.1) is 17.8 Å². The molecule has 3 amide bonds. The fourth-order valence-electron chi connectivity index (χ4n) is 3.12. The minimum atomic E-state index is -0.320. The molecule has 3 atom stereocenters. The average molecular weight is 208 g/mol. The maximum atomic E-state index is 11.5. The number of carbonyl (C=O) groups excluding carboxylic acids is 2. The summed E-state index contributed by atoms with van der Waals surface area (Å²) < 4.78 is 0. The monoisotopic (exact) mass is 208 g/mol. The summed E-state index contributed by atoms with van der Waals surface area (Å²) in [6.45, 7) is 0. The van der Waals surface area contributed by atoms with Gasteiger partial charge >= 0.3 is 6.03 Å². The Kier molecular flexibility index (Phi) is 1.97. The van der Waals surface area contributed by atoms with Gasteiger partial charge in [-0.15, -0.1) is 0 Å². The molecule has 2 N–H and O–H groups in total. The first-order valence-electron chi connectivity index (χ1n) is 5.85. The van der Waals surface area contributed by atoms with E-state index in [-0.39, 0.29) is 18.0 Å². The number of rotatable bonds is 1. The number of nitrogens with one attached hydrogen (secondary N) is 2. The van der Waals surface area contributed by atoms with Gasteiger partial charge in [0.1, 0.15) is 6.04 Å². The highest BCUT2D eigenvalue weighted by Gasteiger charge is 2.43. The highest BCUT2D eigenvalue weighted by molar-refractivity contribution is 6.04. The molecule has 4 heteroatoms. The topological polar surface area (TPSA) is 58.2 Å². The van der Waals surface area contributed by atoms with Crippen molar-refractivity contribution in [2.45, 2.75) is 38.1 Å². The number of fused-ring (bicyclic) bond motifs is 1. The summed E-state index contributed by atoms with van der Waals surface area (Å²) >= 11 is 0. The molecule has 1 heterocycles. The third-order valence-corrected chi connectivity index (χ3v) is 4.16. The van der Waals surface area contributed by atoms with Crippen molar-refractivity contribution in [2.75, 3.05) is 0 Å². The normalized spacial score (nSPS) is 44.0. The Hall–Kier alpha value is -1.06. The molecule has 3 fully saturated rings. The molecule has 3 aliphatic rings. The first kappa shape index (κ1) is 9.19. The Morgan fingerprint density at radius 3 is 2.07 bits per heavy atom. The average Bonchev–Trinajstić information content (AvgIpc) is 2.86. The summed E-state index contributed by atoms with van der Waals surface area (Å²) in [5.41, 5.74) is 0. The molecule has 0 aromatic heterocycles. The minimum Gasteiger partial charge on any atom is -0.326 e. The van der Waals surface area contributed by atoms with Crippen LogP contribution in [-0.4, -0.2) is 18.0 Å². The van der Waals surface area contributed by atoms with Crippen LogP contribution in [0.2, 0.25) is 0 Å². The third-order valence-electron chi connectivity index (χ3n) is 4.16. The highest BCUT2D eigenvalue weighted by atomic mass is 16.2. The van der Waals surface area contributed by atoms with Crippen LogP contribution in [0.5, 0.6) is 0 Å². The highest BCUT2D eigenvalue weighted by Crippen LogP contribution is 2.49. The third kappa shape index (κ3) is 1.62. The van der Waals surface area contributed by atoms with E-state index in [1.165, 1.54) is 19.3 Å². The maximum Gasteiger partial charge on any atom is 0.322 e. The summed E-state index contributed by atoms with van der Waals surface area (Å²) in [5, 5.41) is 5.05. The van der Waals surface area contributed by atoms with E-state index >= 15 is 0 Å². The van der Waals surface area contributed by atoms with Crippen LogP contribution in [0.15, 0.2) is 0 Å². The fourth-order valence-corrected chi connectivity index (χ4v) is 3.12. The van der Waals surface area contributed by atoms with E-state index in [4.69, 9.17) is 0 Å². The molecule has 0 bridgehead atoms. The van der Waals surface area contributed by atoms with E-state index in [0.29, 0.717) is 5.92 Å². The zero-order valence-corrected chi connectivity index (χ0v) is 8.66. The Balaban J connectivity index is 1.66. The Morgan fingerprint density at radius 1 is 0.933 bits per heavy atom. The molecule has 2 saturated carbocycles. The van der Waals surface area contributed by atoms with Gasteiger partial charge in [0.2, 0.25) is 0 Å². The van der Waals surface area contributed by atoms with Crippen LogP contribution < -0.4 is 10.6 Å². The number of hydrogen-bond donors (Lipinski definition) is 2. The van der Waals surface area contributed by atoms with Crippen LogP contribution in [0.1, 0.15) is 32.1 Å². The standard InChI is InChI=1S/C11H16N2O2/c14-10-9(12-11(15)13-10)6-1-3-7-5-8(7)4-2-6/h6-9H,1-5H2,(H2,12,13,14,15). The van der Waals surface area contributed by atoms with Gasteiger partial charge in [-0.3, -0.25) is 10.1 Å². The minimum absolute atomic E-state index is 0.124. The van der Waals surface area contributed by atoms with Gasteiger partial charge < -0.3 is 5.32 Å². The van der Waals surface area contributed by atoms with E-state index in [2.05, 4.69) is 10.6 Å². The van der Waals surface area contributed by atoms with E-state index in [1.807, 2.05) is 0 Å². The zero-order valence-electron chi connectivity index (χ0n) is 8.66. The van der Waals surface area contributed by atoms with Gasteiger partial charge in [0, 0.05) is 0 Å². The summed E-state index contributed by atoms with van der Waals surface area (Å²) in [4.78, 5) is 22.5. The Morgan fingerprint density at radius 2 is 1.53 bits per heavy atom. The number of urea groups is 1. The Labute approximate surface area is 88.8 Å². The number of carbonyl (C=O) groups is 2. The lowest BCUT2D eigenvalue weighted by atomic mass is 9.91. The summed E-state index contributed by atoms with van der Waals surface area (Å²) in [7, 11) is 0. The van der Waals surface area contributed by atoms with Crippen molar-refractivity contribution in [3.63, 3.8) is 0 Å². The zero-order chi connectivity index (χ0) is 10.4. The molecular weight excluding hydrogens is 192 g/mol. The molecule has 3 unspecified atom stereocenters. The predicted molar refractivity (Wildman–Crippen MR) is 54.0 cm³/mol. The largest absolute Gasteiger partial charge is 0.326 e. The first-order valence-corrected chi connectivity index (χ1v) is 5.85. The van der Waals surface area contributed by atoms with Crippen molar-refractivity contribution in [1.82, 2.24) is 10.6 Å². The molecule has 0 aromatic carbocycles. The van der Waals surface area contributed by atoms with Gasteiger partial charge in [-0.05, 0) is 49.9 Å². The summed E-state index contributed by atoms with van der Waals surface area (Å²) in [5.74, 6) is 2.09. The number of imide groups is 1. The fraction of sp³-hybridized carbons (Fsp3) is 0.818. The summed E-state index contributed by atoms with van der Waals surface area (Å²) in [6, 6.07) is -0.575. The van der Waals surface area contributed by atoms with Gasteiger partial charge in [-0.25, -0.2) is 4.79 Å². The molecule has 2 aliphatic carbocycles. The first-order chi connectivity index (χ1) is 7.24. The Bertz CT molecular complexity index is 304. The molecule has 1 saturated heterocycles. The van der Waals surface area contributed by atoms with Crippen molar-refractivity contribution in [2.24, 2.45) is 17.8 Å². The van der Waals surface area contributed by atoms with Crippen molar-refractivity contribution in [1.29, 1.82) is 0 Å². The van der Waals surface area contributed by atoms with Crippen molar-refractivity contribution < 1.29 is 9.59 Å². The second kappa shape index (κ2) is 3.22. The van der Waals surface area contributed by atoms with E-state index in [9.17, 15) is 9.59 Å². The molecule has 0 spiro atoms. The summed E-state index contributed by atoms with van der Waals surface area (Å²) in [6.07, 6.45) is 6.08. The quantitative estimate of drug-likeness (QED) is 0.632. The lowest BCUT2D eigenvalue weighted by Gasteiger charge is -2.19. The number of hydrogen-bond acceptors (Lipinski definition) is 2. The lowest BCUT2D eigenvalue weighted by molar-refractivity contribution is -0.121. The molecule has 3 rings (SSSR count). The molecule has 15 heavy (non-hydrogen) atoms. The molecule has 1 aliphatic heterocycles. The molecular formula is C11H16N2O2. The van der Waals surface area contributed by atoms with E-state index < -0.39 is 0 Å². The lowest BCUT2D eigenvalue weighted by Crippen LogP contribution is -2.36. The van der Waals surface area contributed by atoms with Crippen molar-refractivity contribution in [3.05, 3.63) is 0 Å². The second-order valence-electron chi connectivity index (χ2n) is 5.11. The van der Waals surface area contributed by atoms with E-state index in [1.54, 1.807) is 0 Å². The van der Waals surface area contributed by atoms with Gasteiger partial charge in [0.25, 0.3) is 5.91 Å². The van der Waals surface area contributed by atoms with Crippen LogP contribution in [0.4, 0.5) is 4.79 Å². The van der Waals surface area contributed by atoms with Gasteiger partial charge in [0.05, 0.1) is 0 Å². The second-order valence-corrected chi connectivity index (χ2v) is 5.11. The van der Waals surface area contributed by atoms with Crippen LogP contribution >= 0.6 is 0 Å². The molecule has 0 aromatic rings. The molecule has 4 nitrogen and oxygen atoms in total. The van der Waals surface area contributed by atoms with Gasteiger partial charge in [0.15, 0.2) is 0 Å². The van der Waals surface area contributed by atoms with Crippen LogP contribution in [0.25, 0.3) is 0 Å². The van der Waals surface area contributed by atoms with Gasteiger partial charge in [-0.2, -0.15) is 0 Å². The smallest absolute Gasteiger partial charge is 0.322 e. The van der Waals surface area contributed by atoms with Gasteiger partial charge in [-0.1, -0.05) is 0 Å². The maximum absolute atomic E-state index is 11.5. The van der Waals surface area contributed by atoms with Crippen molar-refractivity contribution >= 4 is 11.9 Å². The SMILES string of the molecule is O=C1NC(=O)C(C2CCC3CC3CC2)N1. The van der Waals surface area contributed by atoms with E-state index in [0.717, 1.165) is 24.7 Å². The van der Waals surface area contributed by atoms with Crippen molar-refractivity contribution in [3.8, 4) is 0 Å². The predicted octanol–water partition coefficient (Wildman–Crippen LogP) is 1.02. The molecule has 0 radical (unpaired) electrons. The molecule has 82 valence electrons. The van der Waals surface area contributed by atoms with Crippen LogP contribution in [0.3, 0.4) is 0 Å². The number of amides is 3.